The number of H-pyrrole nitrogens is 1. The maximum atomic E-state index is 11.8. The van der Waals surface area contributed by atoms with Gasteiger partial charge in [0, 0.05) is 51.6 Å². The molecule has 0 amide bonds. The second kappa shape index (κ2) is 9.17. The number of fused-ring (bicyclic) bond motifs is 2. The molecule has 36 heavy (non-hydrogen) atoms. The Bertz CT molecular complexity index is 1800. The molecule has 0 bridgehead atoms. The van der Waals surface area contributed by atoms with Gasteiger partial charge in [-0.3, -0.25) is 0 Å². The molecule has 2 aromatic carbocycles. The van der Waals surface area contributed by atoms with Crippen molar-refractivity contribution in [3.63, 3.8) is 0 Å². The molecule has 0 radical (unpaired) electrons. The lowest BCUT2D eigenvalue weighted by Crippen LogP contribution is -2.00. The van der Waals surface area contributed by atoms with E-state index in [0.29, 0.717) is 22.9 Å². The number of hydrogen-bond donors (Lipinski definition) is 2. The maximum Gasteiger partial charge on any atom is 0.354 e. The fraction of sp³-hybridized carbons (Fsp3) is 0.0741. The van der Waals surface area contributed by atoms with Gasteiger partial charge < -0.3 is 15.0 Å². The number of anilines is 2. The molecule has 0 unspecified atom stereocenters. The second-order valence-electron chi connectivity index (χ2n) is 8.10. The fourth-order valence-electron chi connectivity index (χ4n) is 3.72. The Morgan fingerprint density at radius 1 is 0.972 bits per heavy atom. The monoisotopic (exact) mass is 496 g/mol. The minimum absolute atomic E-state index is 0.250. The summed E-state index contributed by atoms with van der Waals surface area (Å²) in [4.78, 5) is 24.0. The zero-order valence-corrected chi connectivity index (χ0v) is 20.2. The number of pyridine rings is 2. The van der Waals surface area contributed by atoms with Crippen LogP contribution in [-0.4, -0.2) is 42.7 Å². The number of sulfone groups is 1. The third kappa shape index (κ3) is 4.76. The lowest BCUT2D eigenvalue weighted by Gasteiger charge is -2.08. The first-order valence-electron chi connectivity index (χ1n) is 10.9. The molecule has 9 heteroatoms. The molecule has 0 fully saturated rings. The van der Waals surface area contributed by atoms with Crippen LogP contribution in [0.4, 0.5) is 11.5 Å². The van der Waals surface area contributed by atoms with E-state index in [9.17, 15) is 13.2 Å². The minimum Gasteiger partial charge on any atom is -0.464 e. The van der Waals surface area contributed by atoms with Gasteiger partial charge in [-0.1, -0.05) is 12.0 Å². The van der Waals surface area contributed by atoms with E-state index in [4.69, 9.17) is 4.74 Å². The molecule has 0 saturated carbocycles. The Morgan fingerprint density at radius 3 is 2.53 bits per heavy atom. The summed E-state index contributed by atoms with van der Waals surface area (Å²) in [6.07, 6.45) is 4.59. The van der Waals surface area contributed by atoms with E-state index in [2.05, 4.69) is 32.1 Å². The van der Waals surface area contributed by atoms with Crippen LogP contribution in [0.3, 0.4) is 0 Å². The maximum absolute atomic E-state index is 11.8. The first-order chi connectivity index (χ1) is 17.3. The lowest BCUT2D eigenvalue weighted by atomic mass is 10.1. The van der Waals surface area contributed by atoms with E-state index < -0.39 is 15.8 Å². The average molecular weight is 497 g/mol. The Labute approximate surface area is 207 Å². The van der Waals surface area contributed by atoms with E-state index in [1.165, 1.54) is 13.4 Å². The van der Waals surface area contributed by atoms with Gasteiger partial charge in [0.2, 0.25) is 0 Å². The second-order valence-corrected chi connectivity index (χ2v) is 10.1. The summed E-state index contributed by atoms with van der Waals surface area (Å²) in [5.41, 5.74) is 3.22. The first kappa shape index (κ1) is 23.1. The fourth-order valence-corrected chi connectivity index (χ4v) is 4.35. The average Bonchev–Trinajstić information content (AvgIpc) is 3.30. The van der Waals surface area contributed by atoms with Crippen LogP contribution in [0.25, 0.3) is 21.7 Å². The SMILES string of the molecule is COC(=O)c1cc2ccc(C#Cc3nccc4cnc(Nc5ccc(S(C)(=O)=O)cc5)cc34)cc2[nH]1. The van der Waals surface area contributed by atoms with Gasteiger partial charge in [-0.25, -0.2) is 23.2 Å². The van der Waals surface area contributed by atoms with Crippen molar-refractivity contribution in [2.75, 3.05) is 18.7 Å². The highest BCUT2D eigenvalue weighted by atomic mass is 32.2. The first-order valence-corrected chi connectivity index (χ1v) is 12.7. The van der Waals surface area contributed by atoms with E-state index in [-0.39, 0.29) is 4.90 Å². The van der Waals surface area contributed by atoms with E-state index >= 15 is 0 Å². The van der Waals surface area contributed by atoms with Gasteiger partial charge in [0.15, 0.2) is 9.84 Å². The van der Waals surface area contributed by atoms with Gasteiger partial charge in [-0.2, -0.15) is 0 Å². The van der Waals surface area contributed by atoms with Crippen molar-refractivity contribution in [2.24, 2.45) is 0 Å². The Hall–Kier alpha value is -4.68. The molecule has 0 aliphatic heterocycles. The zero-order chi connectivity index (χ0) is 25.3. The van der Waals surface area contributed by atoms with Gasteiger partial charge in [-0.15, -0.1) is 0 Å². The van der Waals surface area contributed by atoms with Crippen molar-refractivity contribution >= 4 is 49.0 Å². The summed E-state index contributed by atoms with van der Waals surface area (Å²) in [7, 11) is -1.92. The van der Waals surface area contributed by atoms with Gasteiger partial charge in [0.25, 0.3) is 0 Å². The van der Waals surface area contributed by atoms with Gasteiger partial charge in [0.05, 0.1) is 12.0 Å². The number of nitrogens with one attached hydrogen (secondary N) is 2. The van der Waals surface area contributed by atoms with Crippen molar-refractivity contribution in [1.82, 2.24) is 15.0 Å². The molecule has 3 aromatic heterocycles. The molecular formula is C27H20N4O4S. The normalized spacial score (nSPS) is 11.2. The number of nitrogens with zero attached hydrogens (tertiary/aromatic N) is 2. The summed E-state index contributed by atoms with van der Waals surface area (Å²) in [6.45, 7) is 0. The number of hydrogen-bond acceptors (Lipinski definition) is 7. The lowest BCUT2D eigenvalue weighted by molar-refractivity contribution is 0.0595. The number of rotatable bonds is 4. The highest BCUT2D eigenvalue weighted by molar-refractivity contribution is 7.90. The largest absolute Gasteiger partial charge is 0.464 e. The number of methoxy groups -OCH3 is 1. The van der Waals surface area contributed by atoms with Crippen LogP contribution in [0.15, 0.2) is 78.0 Å². The smallest absolute Gasteiger partial charge is 0.354 e. The molecule has 0 aliphatic carbocycles. The van der Waals surface area contributed by atoms with Crippen LogP contribution in [0.2, 0.25) is 0 Å². The van der Waals surface area contributed by atoms with Gasteiger partial charge in [-0.05, 0) is 60.5 Å². The van der Waals surface area contributed by atoms with E-state index in [1.807, 2.05) is 30.3 Å². The number of carbonyl (C=O) groups excluding carboxylic acids is 1. The number of aromatic amines is 1. The molecule has 8 nitrogen and oxygen atoms in total. The summed E-state index contributed by atoms with van der Waals surface area (Å²) in [5.74, 6) is 6.43. The number of esters is 1. The molecular weight excluding hydrogens is 476 g/mol. The third-order valence-corrected chi connectivity index (χ3v) is 6.68. The molecule has 0 atom stereocenters. The molecule has 5 rings (SSSR count). The third-order valence-electron chi connectivity index (χ3n) is 5.56. The number of ether oxygens (including phenoxy) is 1. The van der Waals surface area contributed by atoms with Crippen LogP contribution < -0.4 is 5.32 Å². The molecule has 0 aliphatic rings. The predicted molar refractivity (Wildman–Crippen MR) is 138 cm³/mol. The topological polar surface area (TPSA) is 114 Å². The molecule has 5 aromatic rings. The number of benzene rings is 2. The molecule has 0 spiro atoms. The van der Waals surface area contributed by atoms with Crippen molar-refractivity contribution in [1.29, 1.82) is 0 Å². The molecule has 0 saturated heterocycles. The summed E-state index contributed by atoms with van der Waals surface area (Å²) in [5, 5.41) is 5.78. The van der Waals surface area contributed by atoms with Crippen molar-refractivity contribution < 1.29 is 17.9 Å². The van der Waals surface area contributed by atoms with Crippen molar-refractivity contribution in [2.45, 2.75) is 4.90 Å². The quantitative estimate of drug-likeness (QED) is 0.279. The molecule has 178 valence electrons. The summed E-state index contributed by atoms with van der Waals surface area (Å²) < 4.78 is 28.1. The minimum atomic E-state index is -3.26. The molecule has 3 heterocycles. The highest BCUT2D eigenvalue weighted by Crippen LogP contribution is 2.23. The van der Waals surface area contributed by atoms with Gasteiger partial charge in [0.1, 0.15) is 17.2 Å². The summed E-state index contributed by atoms with van der Waals surface area (Å²) in [6, 6.07) is 17.6. The van der Waals surface area contributed by atoms with Crippen LogP contribution >= 0.6 is 0 Å². The molecule has 2 N–H and O–H groups in total. The van der Waals surface area contributed by atoms with E-state index in [1.54, 1.807) is 42.7 Å². The van der Waals surface area contributed by atoms with Crippen LogP contribution in [0, 0.1) is 11.8 Å². The summed E-state index contributed by atoms with van der Waals surface area (Å²) >= 11 is 0. The highest BCUT2D eigenvalue weighted by Gasteiger charge is 2.10. The zero-order valence-electron chi connectivity index (χ0n) is 19.4. The number of carbonyl (C=O) groups is 1. The van der Waals surface area contributed by atoms with E-state index in [0.717, 1.165) is 27.2 Å². The van der Waals surface area contributed by atoms with Crippen molar-refractivity contribution in [3.8, 4) is 11.8 Å². The van der Waals surface area contributed by atoms with Gasteiger partial charge >= 0.3 is 5.97 Å². The Morgan fingerprint density at radius 2 is 1.78 bits per heavy atom. The standard InChI is InChI=1S/C27H20N4O4S/c1-35-27(32)25-14-18-5-3-17(13-24(18)31-25)4-10-23-22-15-26(29-16-19(22)11-12-28-23)30-20-6-8-21(9-7-20)36(2,33)34/h3,5-9,11-16,31H,1-2H3,(H,29,30). The Kier molecular flexibility index (Phi) is 5.88. The Balaban J connectivity index is 1.45. The van der Waals surface area contributed by atoms with Crippen LogP contribution in [-0.2, 0) is 14.6 Å². The van der Waals surface area contributed by atoms with Crippen molar-refractivity contribution in [3.05, 3.63) is 90.0 Å². The van der Waals surface area contributed by atoms with Crippen LogP contribution in [0.5, 0.6) is 0 Å². The number of aromatic nitrogens is 3. The predicted octanol–water partition coefficient (Wildman–Crippen LogP) is 4.44. The van der Waals surface area contributed by atoms with Crippen LogP contribution in [0.1, 0.15) is 21.7 Å².